The Morgan fingerprint density at radius 3 is 2.31 bits per heavy atom. The standard InChI is InChI=1S/C14H21N2/c1-7-15-8-2-13(1)3-9-16-10-4-14(5-11-16)6-12-16/h1-2,7-8,14H,3-6,9-12H2/q+1. The fourth-order valence-corrected chi connectivity index (χ4v) is 3.39. The lowest BCUT2D eigenvalue weighted by Crippen LogP contribution is -2.58. The number of pyridine rings is 1. The van der Waals surface area contributed by atoms with E-state index in [1.54, 1.807) is 0 Å². The molecule has 3 fully saturated rings. The smallest absolute Gasteiger partial charge is 0.0827 e. The summed E-state index contributed by atoms with van der Waals surface area (Å²) in [6.07, 6.45) is 9.51. The summed E-state index contributed by atoms with van der Waals surface area (Å²) < 4.78 is 1.40. The van der Waals surface area contributed by atoms with Crippen LogP contribution in [-0.2, 0) is 6.42 Å². The van der Waals surface area contributed by atoms with E-state index in [1.165, 1.54) is 61.9 Å². The summed E-state index contributed by atoms with van der Waals surface area (Å²) in [5, 5.41) is 0. The van der Waals surface area contributed by atoms with Crippen molar-refractivity contribution >= 4 is 0 Å². The SMILES string of the molecule is c1cc(CC[N+]23CCC(CC2)CC3)ccn1. The lowest BCUT2D eigenvalue weighted by molar-refractivity contribution is -0.942. The average molecular weight is 217 g/mol. The summed E-state index contributed by atoms with van der Waals surface area (Å²) in [7, 11) is 0. The van der Waals surface area contributed by atoms with E-state index in [2.05, 4.69) is 17.1 Å². The third-order valence-corrected chi connectivity index (χ3v) is 4.66. The number of rotatable bonds is 3. The molecule has 2 heteroatoms. The molecule has 3 aliphatic rings. The Bertz CT molecular complexity index is 325. The van der Waals surface area contributed by atoms with Crippen LogP contribution >= 0.6 is 0 Å². The normalized spacial score (nSPS) is 32.9. The summed E-state index contributed by atoms with van der Waals surface area (Å²) in [5.41, 5.74) is 1.45. The molecule has 2 nitrogen and oxygen atoms in total. The third-order valence-electron chi connectivity index (χ3n) is 4.66. The maximum Gasteiger partial charge on any atom is 0.0827 e. The minimum Gasteiger partial charge on any atom is -0.323 e. The van der Waals surface area contributed by atoms with Gasteiger partial charge >= 0.3 is 0 Å². The Labute approximate surface area is 97.9 Å². The molecule has 1 aromatic heterocycles. The molecule has 0 saturated carbocycles. The van der Waals surface area contributed by atoms with E-state index in [1.807, 2.05) is 12.4 Å². The summed E-state index contributed by atoms with van der Waals surface area (Å²) >= 11 is 0. The van der Waals surface area contributed by atoms with Crippen molar-refractivity contribution < 1.29 is 4.48 Å². The maximum absolute atomic E-state index is 4.08. The Kier molecular flexibility index (Phi) is 2.68. The van der Waals surface area contributed by atoms with Crippen LogP contribution in [-0.4, -0.2) is 35.6 Å². The summed E-state index contributed by atoms with van der Waals surface area (Å²) in [5.74, 6) is 1.07. The molecule has 0 aromatic carbocycles. The van der Waals surface area contributed by atoms with Crippen molar-refractivity contribution in [3.8, 4) is 0 Å². The van der Waals surface area contributed by atoms with Gasteiger partial charge in [-0.1, -0.05) is 0 Å². The molecule has 3 aliphatic heterocycles. The van der Waals surface area contributed by atoms with Crippen LogP contribution in [0.25, 0.3) is 0 Å². The molecule has 4 heterocycles. The number of fused-ring (bicyclic) bond motifs is 3. The quantitative estimate of drug-likeness (QED) is 0.708. The number of nitrogens with zero attached hydrogens (tertiary/aromatic N) is 2. The van der Waals surface area contributed by atoms with E-state index < -0.39 is 0 Å². The number of hydrogen-bond donors (Lipinski definition) is 0. The van der Waals surface area contributed by atoms with Crippen LogP contribution < -0.4 is 0 Å². The highest BCUT2D eigenvalue weighted by molar-refractivity contribution is 5.09. The molecule has 0 radical (unpaired) electrons. The number of piperidine rings is 3. The highest BCUT2D eigenvalue weighted by Crippen LogP contribution is 2.33. The molecule has 0 spiro atoms. The second-order valence-corrected chi connectivity index (χ2v) is 5.57. The zero-order valence-corrected chi connectivity index (χ0v) is 9.94. The third kappa shape index (κ3) is 1.99. The first-order chi connectivity index (χ1) is 7.86. The van der Waals surface area contributed by atoms with Gasteiger partial charge in [0.05, 0.1) is 26.2 Å². The van der Waals surface area contributed by atoms with Crippen molar-refractivity contribution in [1.82, 2.24) is 4.98 Å². The van der Waals surface area contributed by atoms with Gasteiger partial charge in [-0.05, 0) is 42.9 Å². The van der Waals surface area contributed by atoms with E-state index >= 15 is 0 Å². The molecule has 0 N–H and O–H groups in total. The largest absolute Gasteiger partial charge is 0.323 e. The molecule has 4 rings (SSSR count). The first-order valence-corrected chi connectivity index (χ1v) is 6.60. The molecule has 86 valence electrons. The molecular weight excluding hydrogens is 196 g/mol. The number of hydrogen-bond acceptors (Lipinski definition) is 1. The van der Waals surface area contributed by atoms with Crippen molar-refractivity contribution in [3.63, 3.8) is 0 Å². The van der Waals surface area contributed by atoms with Crippen LogP contribution in [0.15, 0.2) is 24.5 Å². The average Bonchev–Trinajstić information content (AvgIpc) is 2.40. The molecule has 1 aromatic rings. The molecule has 0 unspecified atom stereocenters. The Hall–Kier alpha value is -0.890. The molecule has 16 heavy (non-hydrogen) atoms. The molecule has 2 bridgehead atoms. The van der Waals surface area contributed by atoms with Crippen LogP contribution in [0.5, 0.6) is 0 Å². The van der Waals surface area contributed by atoms with Crippen molar-refractivity contribution in [2.24, 2.45) is 5.92 Å². The fraction of sp³-hybridized carbons (Fsp3) is 0.643. The van der Waals surface area contributed by atoms with Gasteiger partial charge in [-0.15, -0.1) is 0 Å². The Morgan fingerprint density at radius 2 is 1.69 bits per heavy atom. The van der Waals surface area contributed by atoms with Gasteiger partial charge < -0.3 is 4.48 Å². The minimum atomic E-state index is 1.07. The van der Waals surface area contributed by atoms with E-state index in [0.29, 0.717) is 0 Å². The van der Waals surface area contributed by atoms with Crippen LogP contribution in [0, 0.1) is 5.92 Å². The van der Waals surface area contributed by atoms with Gasteiger partial charge in [0, 0.05) is 18.8 Å². The zero-order chi connectivity index (χ0) is 10.8. The van der Waals surface area contributed by atoms with Gasteiger partial charge in [0.1, 0.15) is 0 Å². The first-order valence-electron chi connectivity index (χ1n) is 6.60. The zero-order valence-electron chi connectivity index (χ0n) is 9.94. The first kappa shape index (κ1) is 10.3. The molecule has 0 amide bonds. The lowest BCUT2D eigenvalue weighted by Gasteiger charge is -2.49. The maximum atomic E-state index is 4.08. The van der Waals surface area contributed by atoms with Crippen LogP contribution in [0.3, 0.4) is 0 Å². The summed E-state index contributed by atoms with van der Waals surface area (Å²) in [6.45, 7) is 5.66. The highest BCUT2D eigenvalue weighted by atomic mass is 15.4. The lowest BCUT2D eigenvalue weighted by atomic mass is 9.85. The van der Waals surface area contributed by atoms with E-state index in [9.17, 15) is 0 Å². The van der Waals surface area contributed by atoms with Crippen molar-refractivity contribution in [3.05, 3.63) is 30.1 Å². The molecule has 3 saturated heterocycles. The van der Waals surface area contributed by atoms with E-state index in [-0.39, 0.29) is 0 Å². The molecule has 0 aliphatic carbocycles. The predicted octanol–water partition coefficient (Wildman–Crippen LogP) is 2.25. The van der Waals surface area contributed by atoms with Gasteiger partial charge in [-0.3, -0.25) is 4.98 Å². The van der Waals surface area contributed by atoms with Gasteiger partial charge in [-0.25, -0.2) is 0 Å². The van der Waals surface area contributed by atoms with Gasteiger partial charge in [-0.2, -0.15) is 0 Å². The topological polar surface area (TPSA) is 12.9 Å². The Morgan fingerprint density at radius 1 is 1.06 bits per heavy atom. The second kappa shape index (κ2) is 4.17. The summed E-state index contributed by atoms with van der Waals surface area (Å²) in [4.78, 5) is 4.08. The molecule has 0 atom stereocenters. The van der Waals surface area contributed by atoms with Crippen LogP contribution in [0.4, 0.5) is 0 Å². The van der Waals surface area contributed by atoms with Crippen LogP contribution in [0.2, 0.25) is 0 Å². The molecular formula is C14H21N2+. The van der Waals surface area contributed by atoms with Gasteiger partial charge in [0.25, 0.3) is 0 Å². The highest BCUT2D eigenvalue weighted by Gasteiger charge is 2.38. The van der Waals surface area contributed by atoms with Crippen molar-refractivity contribution in [1.29, 1.82) is 0 Å². The fourth-order valence-electron chi connectivity index (χ4n) is 3.39. The monoisotopic (exact) mass is 217 g/mol. The predicted molar refractivity (Wildman–Crippen MR) is 65.0 cm³/mol. The van der Waals surface area contributed by atoms with E-state index in [4.69, 9.17) is 0 Å². The van der Waals surface area contributed by atoms with Gasteiger partial charge in [0.2, 0.25) is 0 Å². The minimum absolute atomic E-state index is 1.07. The van der Waals surface area contributed by atoms with Crippen molar-refractivity contribution in [2.45, 2.75) is 25.7 Å². The summed E-state index contributed by atoms with van der Waals surface area (Å²) in [6, 6.07) is 4.32. The van der Waals surface area contributed by atoms with E-state index in [0.717, 1.165) is 5.92 Å². The van der Waals surface area contributed by atoms with Gasteiger partial charge in [0.15, 0.2) is 0 Å². The number of aromatic nitrogens is 1. The second-order valence-electron chi connectivity index (χ2n) is 5.57. The number of quaternary nitrogens is 1. The Balaban J connectivity index is 1.62. The van der Waals surface area contributed by atoms with Crippen molar-refractivity contribution in [2.75, 3.05) is 26.2 Å². The van der Waals surface area contributed by atoms with Crippen LogP contribution in [0.1, 0.15) is 24.8 Å².